The van der Waals surface area contributed by atoms with Gasteiger partial charge in [0.25, 0.3) is 0 Å². The number of methoxy groups -OCH3 is 2. The van der Waals surface area contributed by atoms with E-state index >= 15 is 4.39 Å². The van der Waals surface area contributed by atoms with Gasteiger partial charge in [-0.25, -0.2) is 18.9 Å². The molecule has 2 aliphatic rings. The van der Waals surface area contributed by atoms with E-state index in [2.05, 4.69) is 35.6 Å². The minimum Gasteiger partial charge on any atom is -0.468 e. The molecular formula is C27H38BrFN2O7SSi. The van der Waals surface area contributed by atoms with E-state index in [0.717, 1.165) is 17.8 Å². The zero-order chi connectivity index (χ0) is 30.3. The van der Waals surface area contributed by atoms with Crippen molar-refractivity contribution in [2.45, 2.75) is 75.7 Å². The van der Waals surface area contributed by atoms with Crippen molar-refractivity contribution in [3.05, 3.63) is 33.5 Å². The molecule has 3 unspecified atom stereocenters. The maximum Gasteiger partial charge on any atom is 0.418 e. The van der Waals surface area contributed by atoms with Crippen LogP contribution in [0.25, 0.3) is 0 Å². The fourth-order valence-electron chi connectivity index (χ4n) is 4.53. The second-order valence-electron chi connectivity index (χ2n) is 12.3. The molecule has 1 aromatic rings. The van der Waals surface area contributed by atoms with Crippen LogP contribution in [0.15, 0.2) is 21.6 Å². The van der Waals surface area contributed by atoms with Crippen LogP contribution in [0.5, 0.6) is 0 Å². The topological polar surface area (TPSA) is 104 Å². The van der Waals surface area contributed by atoms with Crippen LogP contribution in [0.3, 0.4) is 0 Å². The summed E-state index contributed by atoms with van der Waals surface area (Å²) in [5.74, 6) is -2.63. The van der Waals surface area contributed by atoms with Gasteiger partial charge in [0.2, 0.25) is 0 Å². The average molecular weight is 662 g/mol. The summed E-state index contributed by atoms with van der Waals surface area (Å²) in [5.41, 5.74) is -2.35. The van der Waals surface area contributed by atoms with Crippen LogP contribution in [-0.2, 0) is 29.3 Å². The summed E-state index contributed by atoms with van der Waals surface area (Å²) < 4.78 is 36.8. The van der Waals surface area contributed by atoms with Crippen molar-refractivity contribution in [3.8, 4) is 0 Å². The Bertz CT molecular complexity index is 1220. The fraction of sp³-hybridized carbons (Fsp3) is 0.630. The molecule has 1 saturated carbocycles. The number of carbonyl (C=O) groups excluding carboxylic acids is 3. The Morgan fingerprint density at radius 1 is 1.20 bits per heavy atom. The van der Waals surface area contributed by atoms with Crippen molar-refractivity contribution in [2.24, 2.45) is 10.9 Å². The van der Waals surface area contributed by atoms with Crippen molar-refractivity contribution in [1.29, 1.82) is 0 Å². The molecule has 9 nitrogen and oxygen atoms in total. The molecule has 3 rings (SSSR count). The van der Waals surface area contributed by atoms with E-state index < -0.39 is 53.7 Å². The second kappa shape index (κ2) is 11.7. The van der Waals surface area contributed by atoms with Gasteiger partial charge in [-0.1, -0.05) is 47.3 Å². The standard InChI is InChI=1S/C27H38BrFN2O7SSi/c1-25(2,3)38-24(34)31(15-37-10-11-40(7,8)9)23-30-26(4,19-14-27(19,39-23)22(33)36-6)18-13-16(28)12-17(20(18)29)21(32)35-5/h12-13,19H,10-11,14-15H2,1-9H3. The van der Waals surface area contributed by atoms with Crippen LogP contribution >= 0.6 is 27.7 Å². The first-order valence-electron chi connectivity index (χ1n) is 12.9. The molecule has 0 N–H and O–H groups in total. The molecule has 1 aliphatic carbocycles. The highest BCUT2D eigenvalue weighted by atomic mass is 79.9. The van der Waals surface area contributed by atoms with Gasteiger partial charge in [-0.2, -0.15) is 0 Å². The molecular weight excluding hydrogens is 623 g/mol. The molecule has 1 fully saturated rings. The number of fused-ring (bicyclic) bond motifs is 1. The van der Waals surface area contributed by atoms with Crippen LogP contribution in [0, 0.1) is 11.7 Å². The smallest absolute Gasteiger partial charge is 0.418 e. The third-order valence-electron chi connectivity index (χ3n) is 6.77. The zero-order valence-corrected chi connectivity index (χ0v) is 27.9. The zero-order valence-electron chi connectivity index (χ0n) is 24.5. The number of aliphatic imine (C=N–C) groups is 1. The van der Waals surface area contributed by atoms with Gasteiger partial charge in [-0.05, 0) is 52.3 Å². The molecule has 0 saturated heterocycles. The van der Waals surface area contributed by atoms with E-state index in [0.29, 0.717) is 17.5 Å². The lowest BCUT2D eigenvalue weighted by molar-refractivity contribution is -0.141. The van der Waals surface area contributed by atoms with E-state index in [1.807, 2.05) is 0 Å². The number of amidine groups is 1. The molecule has 40 heavy (non-hydrogen) atoms. The van der Waals surface area contributed by atoms with Crippen molar-refractivity contribution >= 4 is 59.0 Å². The van der Waals surface area contributed by atoms with Gasteiger partial charge in [-0.15, -0.1) is 0 Å². The molecule has 1 amide bonds. The van der Waals surface area contributed by atoms with Crippen LogP contribution in [0.1, 0.15) is 50.0 Å². The first-order chi connectivity index (χ1) is 18.4. The maximum absolute atomic E-state index is 15.9. The first-order valence-corrected chi connectivity index (χ1v) is 18.2. The Morgan fingerprint density at radius 3 is 2.40 bits per heavy atom. The highest BCUT2D eigenvalue weighted by Gasteiger charge is 2.72. The summed E-state index contributed by atoms with van der Waals surface area (Å²) in [6.45, 7) is 13.8. The number of esters is 2. The monoisotopic (exact) mass is 660 g/mol. The summed E-state index contributed by atoms with van der Waals surface area (Å²) in [6.07, 6.45) is -0.385. The Kier molecular flexibility index (Phi) is 9.54. The minimum absolute atomic E-state index is 0.0830. The number of benzene rings is 1. The summed E-state index contributed by atoms with van der Waals surface area (Å²) in [5, 5.41) is 0.142. The first kappa shape index (κ1) is 32.6. The lowest BCUT2D eigenvalue weighted by atomic mass is 9.84. The van der Waals surface area contributed by atoms with Crippen LogP contribution in [0.4, 0.5) is 9.18 Å². The number of hydrogen-bond donors (Lipinski definition) is 0. The molecule has 0 aromatic heterocycles. The highest BCUT2D eigenvalue weighted by Crippen LogP contribution is 2.67. The Labute approximate surface area is 248 Å². The number of nitrogens with zero attached hydrogens (tertiary/aromatic N) is 2. The van der Waals surface area contributed by atoms with Gasteiger partial charge in [0.1, 0.15) is 22.9 Å². The Balaban J connectivity index is 2.14. The maximum atomic E-state index is 15.9. The van der Waals surface area contributed by atoms with E-state index in [1.165, 1.54) is 31.3 Å². The van der Waals surface area contributed by atoms with E-state index in [4.69, 9.17) is 23.9 Å². The number of hydrogen-bond acceptors (Lipinski definition) is 9. The lowest BCUT2D eigenvalue weighted by Crippen LogP contribution is -2.47. The van der Waals surface area contributed by atoms with E-state index in [1.54, 1.807) is 27.7 Å². The second-order valence-corrected chi connectivity index (χ2v) is 20.2. The number of amides is 1. The van der Waals surface area contributed by atoms with Crippen molar-refractivity contribution < 1.29 is 37.7 Å². The molecule has 13 heteroatoms. The minimum atomic E-state index is -1.41. The van der Waals surface area contributed by atoms with Crippen molar-refractivity contribution in [2.75, 3.05) is 27.6 Å². The summed E-state index contributed by atoms with van der Waals surface area (Å²) >= 11 is 4.45. The normalized spacial score (nSPS) is 24.0. The molecule has 1 aromatic carbocycles. The quantitative estimate of drug-likeness (QED) is 0.107. The van der Waals surface area contributed by atoms with Crippen molar-refractivity contribution in [1.82, 2.24) is 4.90 Å². The number of ether oxygens (including phenoxy) is 4. The average Bonchev–Trinajstić information content (AvgIpc) is 3.59. The largest absolute Gasteiger partial charge is 0.468 e. The van der Waals surface area contributed by atoms with Crippen molar-refractivity contribution in [3.63, 3.8) is 0 Å². The van der Waals surface area contributed by atoms with Gasteiger partial charge in [0, 0.05) is 30.6 Å². The highest BCUT2D eigenvalue weighted by molar-refractivity contribution is 9.10. The van der Waals surface area contributed by atoms with Gasteiger partial charge in [0.05, 0.1) is 25.3 Å². The molecule has 0 radical (unpaired) electrons. The van der Waals surface area contributed by atoms with Crippen LogP contribution in [0.2, 0.25) is 25.7 Å². The number of thioether (sulfide) groups is 1. The fourth-order valence-corrected chi connectivity index (χ4v) is 7.33. The van der Waals surface area contributed by atoms with E-state index in [9.17, 15) is 14.4 Å². The predicted molar refractivity (Wildman–Crippen MR) is 158 cm³/mol. The van der Waals surface area contributed by atoms with Gasteiger partial charge in [0.15, 0.2) is 5.17 Å². The van der Waals surface area contributed by atoms with Gasteiger partial charge >= 0.3 is 18.0 Å². The predicted octanol–water partition coefficient (Wildman–Crippen LogP) is 6.17. The number of rotatable bonds is 8. The third-order valence-corrected chi connectivity index (χ3v) is 10.4. The number of carbonyl (C=O) groups is 3. The summed E-state index contributed by atoms with van der Waals surface area (Å²) in [6, 6.07) is 3.73. The molecule has 3 atom stereocenters. The third kappa shape index (κ3) is 6.91. The summed E-state index contributed by atoms with van der Waals surface area (Å²) in [7, 11) is 1.05. The Hall–Kier alpha value is -1.96. The Morgan fingerprint density at radius 2 is 1.85 bits per heavy atom. The molecule has 222 valence electrons. The lowest BCUT2D eigenvalue weighted by Gasteiger charge is -2.37. The SMILES string of the molecule is COC(=O)c1cc(Br)cc(C2(C)N=C(N(COCC[Si](C)(C)C)C(=O)OC(C)(C)C)SC3(C(=O)OC)CC32)c1F. The molecule has 1 heterocycles. The van der Waals surface area contributed by atoms with Crippen LogP contribution in [-0.4, -0.2) is 74.1 Å². The molecule has 1 aliphatic heterocycles. The van der Waals surface area contributed by atoms with E-state index in [-0.39, 0.29) is 23.0 Å². The molecule has 0 bridgehead atoms. The summed E-state index contributed by atoms with van der Waals surface area (Å²) in [4.78, 5) is 45.1. The molecule has 0 spiro atoms. The van der Waals surface area contributed by atoms with Gasteiger partial charge in [-0.3, -0.25) is 9.79 Å². The number of halogens is 2. The van der Waals surface area contributed by atoms with Crippen LogP contribution < -0.4 is 0 Å². The van der Waals surface area contributed by atoms with Gasteiger partial charge < -0.3 is 18.9 Å².